The molecule has 0 radical (unpaired) electrons. The number of carbonyl (C=O) groups is 3. The lowest BCUT2D eigenvalue weighted by molar-refractivity contribution is -0.735. The second-order valence-electron chi connectivity index (χ2n) is 6.48. The van der Waals surface area contributed by atoms with Crippen LogP contribution in [0.25, 0.3) is 0 Å². The quantitative estimate of drug-likeness (QED) is 0.532. The topological polar surface area (TPSA) is 101 Å². The number of aryl methyl sites for hydroxylation is 1. The van der Waals surface area contributed by atoms with Gasteiger partial charge in [-0.1, -0.05) is 24.3 Å². The molecule has 7 heteroatoms. The summed E-state index contributed by atoms with van der Waals surface area (Å²) in [6, 6.07) is 7.12. The van der Waals surface area contributed by atoms with Crippen LogP contribution in [0.5, 0.6) is 0 Å². The molecule has 4 atom stereocenters. The van der Waals surface area contributed by atoms with Gasteiger partial charge in [0.2, 0.25) is 17.4 Å². The Labute approximate surface area is 139 Å². The molecule has 0 bridgehead atoms. The van der Waals surface area contributed by atoms with Gasteiger partial charge in [-0.15, -0.1) is 0 Å². The molecule has 128 valence electrons. The fourth-order valence-corrected chi connectivity index (χ4v) is 4.11. The van der Waals surface area contributed by atoms with Gasteiger partial charge in [-0.05, 0) is 12.5 Å². The zero-order chi connectivity index (χ0) is 17.6. The second kappa shape index (κ2) is 5.68. The number of likely N-dealkylation sites (tertiary alicyclic amines) is 1. The van der Waals surface area contributed by atoms with Gasteiger partial charge in [0.1, 0.15) is 24.5 Å². The number of aliphatic hydroxyl groups is 1. The van der Waals surface area contributed by atoms with Gasteiger partial charge in [-0.3, -0.25) is 14.5 Å². The molecular formula is C17H21N2O5+. The van der Waals surface area contributed by atoms with Crippen molar-refractivity contribution in [1.82, 2.24) is 4.90 Å². The molecule has 2 amide bonds. The molecule has 1 aromatic carbocycles. The lowest BCUT2D eigenvalue weighted by Gasteiger charge is -2.26. The number of hydrogen-bond donors (Lipinski definition) is 2. The summed E-state index contributed by atoms with van der Waals surface area (Å²) < 4.78 is 4.86. The third-order valence-corrected chi connectivity index (χ3v) is 5.36. The molecule has 2 fully saturated rings. The zero-order valence-corrected chi connectivity index (χ0v) is 13.9. The van der Waals surface area contributed by atoms with E-state index < -0.39 is 41.9 Å². The Bertz CT molecular complexity index is 719. The first-order valence-corrected chi connectivity index (χ1v) is 7.81. The summed E-state index contributed by atoms with van der Waals surface area (Å²) in [4.78, 5) is 38.8. The van der Waals surface area contributed by atoms with Crippen molar-refractivity contribution >= 4 is 17.8 Å². The molecule has 0 unspecified atom stereocenters. The maximum absolute atomic E-state index is 12.7. The van der Waals surface area contributed by atoms with Crippen LogP contribution in [0.1, 0.15) is 17.2 Å². The number of nitrogens with zero attached hydrogens (tertiary/aromatic N) is 1. The number of fused-ring (bicyclic) bond motifs is 1. The van der Waals surface area contributed by atoms with Gasteiger partial charge >= 0.3 is 5.97 Å². The summed E-state index contributed by atoms with van der Waals surface area (Å²) in [6.07, 6.45) is 0. The Morgan fingerprint density at radius 3 is 2.58 bits per heavy atom. The predicted molar refractivity (Wildman–Crippen MR) is 82.4 cm³/mol. The number of esters is 1. The highest BCUT2D eigenvalue weighted by Crippen LogP contribution is 2.44. The van der Waals surface area contributed by atoms with E-state index in [-0.39, 0.29) is 5.91 Å². The predicted octanol–water partition coefficient (Wildman–Crippen LogP) is -1.25. The summed E-state index contributed by atoms with van der Waals surface area (Å²) in [5.74, 6) is -3.09. The number of quaternary nitrogens is 1. The Hall–Kier alpha value is -2.25. The van der Waals surface area contributed by atoms with Crippen molar-refractivity contribution in [3.05, 3.63) is 35.4 Å². The van der Waals surface area contributed by atoms with E-state index >= 15 is 0 Å². The normalized spacial score (nSPS) is 32.2. The van der Waals surface area contributed by atoms with Crippen LogP contribution in [0.2, 0.25) is 0 Å². The molecule has 0 spiro atoms. The molecule has 3 N–H and O–H groups in total. The number of methoxy groups -OCH3 is 1. The Morgan fingerprint density at radius 1 is 1.33 bits per heavy atom. The Kier molecular flexibility index (Phi) is 3.93. The fourth-order valence-electron chi connectivity index (χ4n) is 4.11. The minimum absolute atomic E-state index is 0.325. The van der Waals surface area contributed by atoms with Gasteiger partial charge in [-0.25, -0.2) is 4.79 Å². The van der Waals surface area contributed by atoms with E-state index in [0.29, 0.717) is 0 Å². The van der Waals surface area contributed by atoms with Gasteiger partial charge in [0.25, 0.3) is 0 Å². The van der Waals surface area contributed by atoms with E-state index in [1.165, 1.54) is 14.2 Å². The number of hydrogen-bond acceptors (Lipinski definition) is 5. The van der Waals surface area contributed by atoms with Crippen LogP contribution in [-0.4, -0.2) is 54.1 Å². The summed E-state index contributed by atoms with van der Waals surface area (Å²) in [7, 11) is 2.63. The first kappa shape index (κ1) is 16.6. The summed E-state index contributed by atoms with van der Waals surface area (Å²) >= 11 is 0. The summed E-state index contributed by atoms with van der Waals surface area (Å²) in [5.41, 5.74) is 0.346. The smallest absolute Gasteiger partial charge is 0.371 e. The van der Waals surface area contributed by atoms with Crippen LogP contribution in [0.4, 0.5) is 0 Å². The van der Waals surface area contributed by atoms with Crippen molar-refractivity contribution < 1.29 is 29.5 Å². The molecule has 7 nitrogen and oxygen atoms in total. The lowest BCUT2D eigenvalue weighted by atomic mass is 9.79. The molecular weight excluding hydrogens is 312 g/mol. The van der Waals surface area contributed by atoms with Crippen LogP contribution in [0.3, 0.4) is 0 Å². The van der Waals surface area contributed by atoms with Gasteiger partial charge in [-0.2, -0.15) is 0 Å². The van der Waals surface area contributed by atoms with E-state index in [9.17, 15) is 19.5 Å². The molecule has 2 saturated heterocycles. The van der Waals surface area contributed by atoms with Crippen LogP contribution in [0.15, 0.2) is 24.3 Å². The standard InChI is InChI=1S/C17H20N2O5/c1-9-6-4-5-7-10(9)13-11-12(15(22)19(2)14(11)21)17(8-20,18-13)16(23)24-3/h4-7,11-13,18,20H,8H2,1-3H3/p+1/t11-,12+,13+,17+/m1/s1. The Morgan fingerprint density at radius 2 is 2.00 bits per heavy atom. The zero-order valence-electron chi connectivity index (χ0n) is 13.9. The molecule has 2 aliphatic rings. The number of rotatable bonds is 3. The van der Waals surface area contributed by atoms with Crippen LogP contribution in [-0.2, 0) is 19.1 Å². The van der Waals surface area contributed by atoms with Gasteiger partial charge in [0.15, 0.2) is 0 Å². The number of ether oxygens (including phenoxy) is 1. The van der Waals surface area contributed by atoms with Crippen molar-refractivity contribution in [3.63, 3.8) is 0 Å². The maximum Gasteiger partial charge on any atom is 0.371 e. The molecule has 2 aliphatic heterocycles. The molecule has 0 aliphatic carbocycles. The van der Waals surface area contributed by atoms with Crippen molar-refractivity contribution in [3.8, 4) is 0 Å². The summed E-state index contributed by atoms with van der Waals surface area (Å²) in [5, 5.41) is 11.6. The largest absolute Gasteiger partial charge is 0.464 e. The third kappa shape index (κ3) is 2.01. The van der Waals surface area contributed by atoms with E-state index in [0.717, 1.165) is 16.0 Å². The van der Waals surface area contributed by atoms with Crippen molar-refractivity contribution in [2.45, 2.75) is 18.5 Å². The molecule has 0 saturated carbocycles. The van der Waals surface area contributed by atoms with E-state index in [1.54, 1.807) is 5.32 Å². The minimum atomic E-state index is -1.50. The Balaban J connectivity index is 2.17. The van der Waals surface area contributed by atoms with Crippen LogP contribution in [0, 0.1) is 18.8 Å². The average Bonchev–Trinajstić information content (AvgIpc) is 3.05. The maximum atomic E-state index is 12.7. The van der Waals surface area contributed by atoms with Crippen molar-refractivity contribution in [2.75, 3.05) is 20.8 Å². The van der Waals surface area contributed by atoms with Gasteiger partial charge < -0.3 is 15.2 Å². The highest BCUT2D eigenvalue weighted by atomic mass is 16.5. The number of benzene rings is 1. The lowest BCUT2D eigenvalue weighted by Crippen LogP contribution is -2.99. The second-order valence-corrected chi connectivity index (χ2v) is 6.48. The number of carbonyl (C=O) groups excluding carboxylic acids is 3. The molecule has 24 heavy (non-hydrogen) atoms. The van der Waals surface area contributed by atoms with E-state index in [2.05, 4.69) is 0 Å². The highest BCUT2D eigenvalue weighted by molar-refractivity contribution is 6.08. The number of aliphatic hydroxyl groups excluding tert-OH is 1. The third-order valence-electron chi connectivity index (χ3n) is 5.36. The van der Waals surface area contributed by atoms with Crippen molar-refractivity contribution in [2.24, 2.45) is 11.8 Å². The first-order chi connectivity index (χ1) is 11.4. The number of nitrogens with two attached hydrogens (primary N) is 1. The van der Waals surface area contributed by atoms with Crippen LogP contribution >= 0.6 is 0 Å². The average molecular weight is 333 g/mol. The number of imide groups is 1. The van der Waals surface area contributed by atoms with E-state index in [1.807, 2.05) is 31.2 Å². The van der Waals surface area contributed by atoms with Gasteiger partial charge in [0, 0.05) is 12.6 Å². The first-order valence-electron chi connectivity index (χ1n) is 7.81. The summed E-state index contributed by atoms with van der Waals surface area (Å²) in [6.45, 7) is 1.34. The molecule has 1 aromatic rings. The number of amides is 2. The molecule has 0 aromatic heterocycles. The fraction of sp³-hybridized carbons (Fsp3) is 0.471. The van der Waals surface area contributed by atoms with E-state index in [4.69, 9.17) is 4.74 Å². The van der Waals surface area contributed by atoms with Crippen molar-refractivity contribution in [1.29, 1.82) is 0 Å². The molecule has 2 heterocycles. The monoisotopic (exact) mass is 333 g/mol. The van der Waals surface area contributed by atoms with Gasteiger partial charge in [0.05, 0.1) is 7.11 Å². The molecule has 3 rings (SSSR count). The minimum Gasteiger partial charge on any atom is -0.464 e. The van der Waals surface area contributed by atoms with Crippen LogP contribution < -0.4 is 5.32 Å². The SMILES string of the molecule is COC(=O)[C@@]1(CO)[NH2+][C@@H](c2ccccc2C)[C@@H]2C(=O)N(C)C(=O)[C@H]21. The highest BCUT2D eigenvalue weighted by Gasteiger charge is 2.72.